The Labute approximate surface area is 220 Å². The van der Waals surface area contributed by atoms with E-state index in [0.29, 0.717) is 12.2 Å². The average molecular weight is 421 g/mol. The third-order valence-electron chi connectivity index (χ3n) is 4.76. The smallest absolute Gasteiger partial charge is 0.545 e. The summed E-state index contributed by atoms with van der Waals surface area (Å²) < 4.78 is 0. The Kier molecular flexibility index (Phi) is 21.4. The molecule has 1 rings (SSSR count). The Morgan fingerprint density at radius 2 is 1.07 bits per heavy atom. The minimum atomic E-state index is -1.40. The van der Waals surface area contributed by atoms with Crippen molar-refractivity contribution in [3.05, 3.63) is 29.3 Å². The molecule has 0 saturated carbocycles. The predicted molar refractivity (Wildman–Crippen MR) is 105 cm³/mol. The molecule has 5 nitrogen and oxygen atoms in total. The van der Waals surface area contributed by atoms with E-state index < -0.39 is 11.9 Å². The van der Waals surface area contributed by atoms with E-state index in [9.17, 15) is 19.8 Å². The maximum Gasteiger partial charge on any atom is 1.00 e. The van der Waals surface area contributed by atoms with Gasteiger partial charge in [0.25, 0.3) is 0 Å². The fourth-order valence-corrected chi connectivity index (χ4v) is 3.16. The van der Waals surface area contributed by atoms with Crippen LogP contribution in [0.25, 0.3) is 0 Å². The van der Waals surface area contributed by atoms with Crippen LogP contribution in [0.2, 0.25) is 0 Å². The van der Waals surface area contributed by atoms with Crippen molar-refractivity contribution in [1.29, 1.82) is 0 Å². The van der Waals surface area contributed by atoms with Gasteiger partial charge in [0.05, 0.1) is 11.9 Å². The summed E-state index contributed by atoms with van der Waals surface area (Å²) in [5.41, 5.74) is 0.154. The average Bonchev–Trinajstić information content (AvgIpc) is 2.65. The molecule has 0 aliphatic carbocycles. The third-order valence-corrected chi connectivity index (χ3v) is 4.76. The van der Waals surface area contributed by atoms with Crippen LogP contribution in [-0.2, 0) is 0 Å². The first kappa shape index (κ1) is 31.1. The van der Waals surface area contributed by atoms with Gasteiger partial charge in [-0.3, -0.25) is 0 Å². The monoisotopic (exact) mass is 421 g/mol. The van der Waals surface area contributed by atoms with Gasteiger partial charge in [-0.1, -0.05) is 77.6 Å². The summed E-state index contributed by atoms with van der Waals surface area (Å²) in [5, 5.41) is 25.0. The van der Waals surface area contributed by atoms with Crippen molar-refractivity contribution in [1.82, 2.24) is 0 Å². The second kappa shape index (κ2) is 19.9. The first-order valence-electron chi connectivity index (χ1n) is 10.4. The summed E-state index contributed by atoms with van der Waals surface area (Å²) in [6, 6.07) is 3.84. The molecule has 152 valence electrons. The van der Waals surface area contributed by atoms with Crippen molar-refractivity contribution in [2.45, 2.75) is 84.0 Å². The summed E-state index contributed by atoms with van der Waals surface area (Å²) in [6.45, 7) is 2.92. The van der Waals surface area contributed by atoms with Crippen LogP contribution < -0.4 is 74.6 Å². The van der Waals surface area contributed by atoms with E-state index in [1.54, 1.807) is 0 Å². The number of unbranched alkanes of at least 4 members (excludes halogenated alkanes) is 11. The van der Waals surface area contributed by atoms with Crippen LogP contribution in [0.1, 0.15) is 105 Å². The van der Waals surface area contributed by atoms with E-state index in [4.69, 9.17) is 0 Å². The summed E-state index contributed by atoms with van der Waals surface area (Å²) in [6.07, 6.45) is 15.3. The second-order valence-corrected chi connectivity index (χ2v) is 7.19. The number of rotatable bonds is 16. The van der Waals surface area contributed by atoms with Crippen LogP contribution in [-0.4, -0.2) is 18.5 Å². The molecule has 0 heterocycles. The van der Waals surface area contributed by atoms with Crippen molar-refractivity contribution >= 4 is 17.6 Å². The minimum absolute atomic E-state index is 0. The molecule has 0 atom stereocenters. The minimum Gasteiger partial charge on any atom is -0.545 e. The van der Waals surface area contributed by atoms with Crippen LogP contribution in [0, 0.1) is 0 Å². The first-order chi connectivity index (χ1) is 13.0. The fourth-order valence-electron chi connectivity index (χ4n) is 3.16. The Morgan fingerprint density at radius 1 is 0.690 bits per heavy atom. The molecule has 7 heteroatoms. The standard InChI is InChI=1S/C22H35NO4.2Na/c1-2-3-4-5-6-7-8-9-10-11-12-13-14-23-20-16-18(21(24)25)15-19(17-20)22(26)27;;/h15-17,23H,2-14H2,1H3,(H,24,25)(H,26,27);;/q;2*+1/p-2. The molecule has 0 spiro atoms. The van der Waals surface area contributed by atoms with Crippen LogP contribution in [0.15, 0.2) is 18.2 Å². The molecule has 1 aromatic carbocycles. The molecule has 0 aromatic heterocycles. The summed E-state index contributed by atoms with van der Waals surface area (Å²) >= 11 is 0. The summed E-state index contributed by atoms with van der Waals surface area (Å²) in [4.78, 5) is 21.9. The zero-order valence-electron chi connectivity index (χ0n) is 18.6. The van der Waals surface area contributed by atoms with Crippen LogP contribution in [0.4, 0.5) is 5.69 Å². The largest absolute Gasteiger partial charge is 1.00 e. The normalized spacial score (nSPS) is 9.97. The van der Waals surface area contributed by atoms with E-state index in [1.165, 1.54) is 76.3 Å². The summed E-state index contributed by atoms with van der Waals surface area (Å²) in [5.74, 6) is -2.79. The van der Waals surface area contributed by atoms with Crippen molar-refractivity contribution in [3.8, 4) is 0 Å². The molecule has 0 aliphatic heterocycles. The molecule has 0 aliphatic rings. The number of carboxylic acids is 2. The first-order valence-corrected chi connectivity index (χ1v) is 10.4. The molecular formula is C22H33NNa2O4. The van der Waals surface area contributed by atoms with Gasteiger partial charge in [-0.25, -0.2) is 0 Å². The van der Waals surface area contributed by atoms with Gasteiger partial charge in [-0.15, -0.1) is 0 Å². The number of anilines is 1. The Bertz CT molecular complexity index is 550. The number of nitrogens with one attached hydrogen (secondary N) is 1. The van der Waals surface area contributed by atoms with E-state index in [2.05, 4.69) is 12.2 Å². The van der Waals surface area contributed by atoms with Crippen LogP contribution >= 0.6 is 0 Å². The van der Waals surface area contributed by atoms with Gasteiger partial charge in [-0.2, -0.15) is 0 Å². The van der Waals surface area contributed by atoms with E-state index in [0.717, 1.165) is 18.9 Å². The molecule has 0 saturated heterocycles. The van der Waals surface area contributed by atoms with Gasteiger partial charge in [0, 0.05) is 12.2 Å². The van der Waals surface area contributed by atoms with Crippen molar-refractivity contribution in [2.75, 3.05) is 11.9 Å². The molecule has 1 aromatic rings. The second-order valence-electron chi connectivity index (χ2n) is 7.19. The van der Waals surface area contributed by atoms with Crippen LogP contribution in [0.3, 0.4) is 0 Å². The van der Waals surface area contributed by atoms with E-state index in [-0.39, 0.29) is 70.2 Å². The topological polar surface area (TPSA) is 92.3 Å². The van der Waals surface area contributed by atoms with Crippen LogP contribution in [0.5, 0.6) is 0 Å². The number of hydrogen-bond donors (Lipinski definition) is 1. The molecule has 0 fully saturated rings. The van der Waals surface area contributed by atoms with Crippen molar-refractivity contribution < 1.29 is 78.9 Å². The molecule has 0 unspecified atom stereocenters. The van der Waals surface area contributed by atoms with E-state index >= 15 is 0 Å². The predicted octanol–water partition coefficient (Wildman–Crippen LogP) is -2.47. The van der Waals surface area contributed by atoms with Gasteiger partial charge in [0.1, 0.15) is 0 Å². The SMILES string of the molecule is CCCCCCCCCCCCCCNc1cc(C(=O)[O-])cc(C(=O)[O-])c1.[Na+].[Na+]. The van der Waals surface area contributed by atoms with Crippen molar-refractivity contribution in [2.24, 2.45) is 0 Å². The zero-order valence-corrected chi connectivity index (χ0v) is 22.6. The molecular weight excluding hydrogens is 388 g/mol. The number of carbonyl (C=O) groups excluding carboxylic acids is 2. The number of hydrogen-bond acceptors (Lipinski definition) is 5. The molecule has 0 bridgehead atoms. The number of carbonyl (C=O) groups is 2. The zero-order chi connectivity index (χ0) is 19.9. The fraction of sp³-hybridized carbons (Fsp3) is 0.636. The van der Waals surface area contributed by atoms with Gasteiger partial charge in [-0.05, 0) is 35.7 Å². The number of aromatic carboxylic acids is 2. The number of benzene rings is 1. The number of carboxylic acid groups (broad SMARTS) is 2. The Balaban J connectivity index is 0. The maximum absolute atomic E-state index is 11.0. The third kappa shape index (κ3) is 15.4. The quantitative estimate of drug-likeness (QED) is 0.236. The molecule has 0 amide bonds. The molecule has 0 radical (unpaired) electrons. The van der Waals surface area contributed by atoms with Gasteiger partial charge < -0.3 is 25.1 Å². The molecule has 29 heavy (non-hydrogen) atoms. The molecule has 1 N–H and O–H groups in total. The Hall–Kier alpha value is -0.0400. The maximum atomic E-state index is 11.0. The van der Waals surface area contributed by atoms with Gasteiger partial charge in [0.15, 0.2) is 0 Å². The van der Waals surface area contributed by atoms with Gasteiger partial charge >= 0.3 is 59.1 Å². The summed E-state index contributed by atoms with van der Waals surface area (Å²) in [7, 11) is 0. The Morgan fingerprint density at radius 3 is 1.45 bits per heavy atom. The van der Waals surface area contributed by atoms with Crippen molar-refractivity contribution in [3.63, 3.8) is 0 Å². The van der Waals surface area contributed by atoms with E-state index in [1.807, 2.05) is 0 Å². The van der Waals surface area contributed by atoms with Gasteiger partial charge in [0.2, 0.25) is 0 Å².